The van der Waals surface area contributed by atoms with Crippen molar-refractivity contribution in [2.24, 2.45) is 0 Å². The minimum absolute atomic E-state index is 0.128. The zero-order valence-corrected chi connectivity index (χ0v) is 8.31. The van der Waals surface area contributed by atoms with Gasteiger partial charge in [0.05, 0.1) is 4.92 Å². The van der Waals surface area contributed by atoms with Crippen LogP contribution in [-0.2, 0) is 0 Å². The van der Waals surface area contributed by atoms with Crippen LogP contribution >= 0.6 is 0 Å². The Balaban J connectivity index is 2.37. The molecule has 4 nitrogen and oxygen atoms in total. The van der Waals surface area contributed by atoms with E-state index < -0.39 is 0 Å². The Morgan fingerprint density at radius 2 is 2.06 bits per heavy atom. The van der Waals surface area contributed by atoms with Gasteiger partial charge in [-0.25, -0.2) is 0 Å². The Kier molecular flexibility index (Phi) is 1.71. The first-order valence-electron chi connectivity index (χ1n) is 4.90. The Morgan fingerprint density at radius 3 is 2.88 bits per heavy atom. The molecule has 0 saturated carbocycles. The lowest BCUT2D eigenvalue weighted by Crippen LogP contribution is -1.85. The van der Waals surface area contributed by atoms with Crippen molar-refractivity contribution in [3.05, 3.63) is 52.7 Å². The predicted molar refractivity (Wildman–Crippen MR) is 61.6 cm³/mol. The van der Waals surface area contributed by atoms with Crippen molar-refractivity contribution in [3.63, 3.8) is 0 Å². The van der Waals surface area contributed by atoms with Gasteiger partial charge in [0.15, 0.2) is 0 Å². The molecule has 0 atom stereocenters. The molecule has 4 heteroatoms. The van der Waals surface area contributed by atoms with E-state index in [1.165, 1.54) is 6.07 Å². The summed E-state index contributed by atoms with van der Waals surface area (Å²) in [6, 6.07) is 10.8. The maximum Gasteiger partial charge on any atom is 0.270 e. The highest BCUT2D eigenvalue weighted by Crippen LogP contribution is 2.34. The van der Waals surface area contributed by atoms with Crippen LogP contribution in [0.2, 0.25) is 0 Å². The van der Waals surface area contributed by atoms with E-state index in [-0.39, 0.29) is 10.6 Å². The number of nitrogens with one attached hydrogen (secondary N) is 1. The molecule has 0 fully saturated rings. The van der Waals surface area contributed by atoms with Crippen LogP contribution in [-0.4, -0.2) is 9.91 Å². The second-order valence-corrected chi connectivity index (χ2v) is 3.67. The first-order chi connectivity index (χ1) is 7.75. The van der Waals surface area contributed by atoms with E-state index in [2.05, 4.69) is 4.98 Å². The second-order valence-electron chi connectivity index (χ2n) is 3.67. The predicted octanol–water partition coefficient (Wildman–Crippen LogP) is 3.18. The summed E-state index contributed by atoms with van der Waals surface area (Å²) < 4.78 is 0. The lowest BCUT2D eigenvalue weighted by atomic mass is 10.1. The fraction of sp³-hybridized carbons (Fsp3) is 0. The maximum atomic E-state index is 10.7. The largest absolute Gasteiger partial charge is 0.361 e. The van der Waals surface area contributed by atoms with Crippen molar-refractivity contribution in [1.82, 2.24) is 4.98 Å². The second kappa shape index (κ2) is 3.06. The molecule has 1 aromatic carbocycles. The monoisotopic (exact) mass is 212 g/mol. The van der Waals surface area contributed by atoms with Gasteiger partial charge >= 0.3 is 0 Å². The molecule has 0 spiro atoms. The molecule has 0 aromatic heterocycles. The number of nitro benzene ring substituents is 1. The summed E-state index contributed by atoms with van der Waals surface area (Å²) in [5, 5.41) is 12.6. The Morgan fingerprint density at radius 1 is 1.19 bits per heavy atom. The highest BCUT2D eigenvalue weighted by Gasteiger charge is 2.12. The molecule has 1 aromatic rings. The minimum Gasteiger partial charge on any atom is -0.361 e. The van der Waals surface area contributed by atoms with Crippen molar-refractivity contribution < 1.29 is 4.92 Å². The smallest absolute Gasteiger partial charge is 0.270 e. The van der Waals surface area contributed by atoms with Gasteiger partial charge < -0.3 is 4.98 Å². The first-order valence-corrected chi connectivity index (χ1v) is 4.90. The number of rotatable bonds is 1. The molecule has 16 heavy (non-hydrogen) atoms. The lowest BCUT2D eigenvalue weighted by molar-refractivity contribution is -0.384. The van der Waals surface area contributed by atoms with Gasteiger partial charge in [-0.3, -0.25) is 10.1 Å². The molecule has 1 heterocycles. The lowest BCUT2D eigenvalue weighted by Gasteiger charge is -1.97. The van der Waals surface area contributed by atoms with Crippen molar-refractivity contribution in [1.29, 1.82) is 0 Å². The number of pyridine rings is 1. The van der Waals surface area contributed by atoms with Crippen molar-refractivity contribution in [3.8, 4) is 11.3 Å². The van der Waals surface area contributed by atoms with Crippen LogP contribution in [0, 0.1) is 10.1 Å². The SMILES string of the molecule is O=[N+]([O-])c1ccc2c3ccc[nH]c-3cc2c1. The van der Waals surface area contributed by atoms with E-state index in [1.807, 2.05) is 24.4 Å². The summed E-state index contributed by atoms with van der Waals surface area (Å²) in [6.45, 7) is 0. The fourth-order valence-corrected chi connectivity index (χ4v) is 1.99. The van der Waals surface area contributed by atoms with Gasteiger partial charge in [0, 0.05) is 29.6 Å². The molecular formula is C12H8N2O2. The van der Waals surface area contributed by atoms with Crippen LogP contribution < -0.4 is 0 Å². The first kappa shape index (κ1) is 8.91. The Bertz CT molecular complexity index is 657. The van der Waals surface area contributed by atoms with Crippen LogP contribution in [0.1, 0.15) is 0 Å². The maximum absolute atomic E-state index is 10.7. The number of aromatic amines is 1. The van der Waals surface area contributed by atoms with E-state index in [0.29, 0.717) is 0 Å². The van der Waals surface area contributed by atoms with Gasteiger partial charge in [-0.15, -0.1) is 0 Å². The zero-order valence-electron chi connectivity index (χ0n) is 8.31. The third-order valence-electron chi connectivity index (χ3n) is 2.72. The number of hydrogen-bond acceptors (Lipinski definition) is 2. The highest BCUT2D eigenvalue weighted by atomic mass is 16.6. The normalized spacial score (nSPS) is 11.0. The molecule has 0 amide bonds. The van der Waals surface area contributed by atoms with Crippen molar-refractivity contribution >= 4 is 16.5 Å². The molecular weight excluding hydrogens is 204 g/mol. The number of H-pyrrole nitrogens is 1. The van der Waals surface area contributed by atoms with Crippen LogP contribution in [0.25, 0.3) is 22.0 Å². The van der Waals surface area contributed by atoms with Gasteiger partial charge in [-0.2, -0.15) is 0 Å². The van der Waals surface area contributed by atoms with Crippen LogP contribution in [0.4, 0.5) is 5.69 Å². The summed E-state index contributed by atoms with van der Waals surface area (Å²) in [5.41, 5.74) is 2.22. The number of hydrogen-bond donors (Lipinski definition) is 1. The number of nitrogens with zero attached hydrogens (tertiary/aromatic N) is 1. The number of nitro groups is 1. The third kappa shape index (κ3) is 1.16. The number of benzene rings is 1. The molecule has 0 bridgehead atoms. The summed E-state index contributed by atoms with van der Waals surface area (Å²) in [4.78, 5) is 13.4. The van der Waals surface area contributed by atoms with Gasteiger partial charge in [0.25, 0.3) is 5.69 Å². The Hall–Kier alpha value is -2.36. The van der Waals surface area contributed by atoms with E-state index >= 15 is 0 Å². The Labute approximate surface area is 91.0 Å². The third-order valence-corrected chi connectivity index (χ3v) is 2.72. The summed E-state index contributed by atoms with van der Waals surface area (Å²) in [5.74, 6) is 0. The summed E-state index contributed by atoms with van der Waals surface area (Å²) in [6.07, 6.45) is 1.84. The molecule has 0 unspecified atom stereocenters. The summed E-state index contributed by atoms with van der Waals surface area (Å²) in [7, 11) is 0. The van der Waals surface area contributed by atoms with Gasteiger partial charge in [0.2, 0.25) is 0 Å². The molecule has 1 aliphatic heterocycles. The van der Waals surface area contributed by atoms with E-state index in [9.17, 15) is 10.1 Å². The van der Waals surface area contributed by atoms with Crippen LogP contribution in [0.15, 0.2) is 42.6 Å². The van der Waals surface area contributed by atoms with E-state index in [0.717, 1.165) is 22.0 Å². The van der Waals surface area contributed by atoms with Crippen molar-refractivity contribution in [2.75, 3.05) is 0 Å². The van der Waals surface area contributed by atoms with Crippen LogP contribution in [0.3, 0.4) is 0 Å². The molecule has 1 N–H and O–H groups in total. The number of non-ortho nitro benzene ring substituents is 1. The molecule has 3 rings (SSSR count). The van der Waals surface area contributed by atoms with Gasteiger partial charge in [-0.1, -0.05) is 6.07 Å². The quantitative estimate of drug-likeness (QED) is 0.497. The van der Waals surface area contributed by atoms with E-state index in [4.69, 9.17) is 0 Å². The van der Waals surface area contributed by atoms with Gasteiger partial charge in [0.1, 0.15) is 0 Å². The minimum atomic E-state index is -0.374. The van der Waals surface area contributed by atoms with Gasteiger partial charge in [-0.05, 0) is 29.0 Å². The average Bonchev–Trinajstić information content (AvgIpc) is 2.66. The van der Waals surface area contributed by atoms with Crippen molar-refractivity contribution in [2.45, 2.75) is 0 Å². The fourth-order valence-electron chi connectivity index (χ4n) is 1.99. The summed E-state index contributed by atoms with van der Waals surface area (Å²) >= 11 is 0. The van der Waals surface area contributed by atoms with Crippen LogP contribution in [0.5, 0.6) is 0 Å². The number of aromatic nitrogens is 1. The molecule has 0 radical (unpaired) electrons. The molecule has 0 saturated heterocycles. The van der Waals surface area contributed by atoms with E-state index in [1.54, 1.807) is 12.1 Å². The molecule has 78 valence electrons. The molecule has 1 aliphatic carbocycles. The number of fused-ring (bicyclic) bond motifs is 3. The topological polar surface area (TPSA) is 58.9 Å². The highest BCUT2D eigenvalue weighted by molar-refractivity contribution is 6.01. The average molecular weight is 212 g/mol. The zero-order chi connectivity index (χ0) is 11.1. The molecule has 2 aliphatic rings. The standard InChI is InChI=1S/C12H8N2O2/c15-14(16)9-3-4-10-8(6-9)7-12-11(10)2-1-5-13-12/h1-7,13H.